The number of aryl methyl sites for hydroxylation is 1. The molecule has 0 unspecified atom stereocenters. The highest BCUT2D eigenvalue weighted by atomic mass is 16.6. The third kappa shape index (κ3) is 4.88. The summed E-state index contributed by atoms with van der Waals surface area (Å²) in [5, 5.41) is 7.94. The Labute approximate surface area is 198 Å². The van der Waals surface area contributed by atoms with Gasteiger partial charge in [0.2, 0.25) is 0 Å². The van der Waals surface area contributed by atoms with Gasteiger partial charge in [-0.15, -0.1) is 5.10 Å². The Morgan fingerprint density at radius 3 is 2.71 bits per heavy atom. The number of fused-ring (bicyclic) bond motifs is 1. The maximum atomic E-state index is 12.5. The van der Waals surface area contributed by atoms with Crippen molar-refractivity contribution < 1.29 is 19.1 Å². The molecule has 0 bridgehead atoms. The highest BCUT2D eigenvalue weighted by Crippen LogP contribution is 2.28. The zero-order valence-electron chi connectivity index (χ0n) is 20.1. The first-order valence-electron chi connectivity index (χ1n) is 11.1. The molecule has 34 heavy (non-hydrogen) atoms. The molecule has 178 valence electrons. The van der Waals surface area contributed by atoms with Crippen molar-refractivity contribution >= 4 is 23.6 Å². The number of carbonyl (C=O) groups is 2. The van der Waals surface area contributed by atoms with Crippen LogP contribution in [-0.2, 0) is 22.4 Å². The topological polar surface area (TPSA) is 98.6 Å². The van der Waals surface area contributed by atoms with Gasteiger partial charge in [-0.2, -0.15) is 0 Å². The number of hydrogen-bond donors (Lipinski definition) is 1. The lowest BCUT2D eigenvalue weighted by molar-refractivity contribution is 0.0223. The zero-order chi connectivity index (χ0) is 24.5. The average molecular weight is 464 g/mol. The predicted octanol–water partition coefficient (Wildman–Crippen LogP) is 4.40. The molecule has 9 nitrogen and oxygen atoms in total. The highest BCUT2D eigenvalue weighted by Gasteiger charge is 2.27. The molecule has 0 saturated heterocycles. The van der Waals surface area contributed by atoms with Gasteiger partial charge in [0.25, 0.3) is 0 Å². The molecule has 2 aromatic heterocycles. The quantitative estimate of drug-likeness (QED) is 0.573. The first kappa shape index (κ1) is 23.3. The molecular weight excluding hydrogens is 434 g/mol. The van der Waals surface area contributed by atoms with Gasteiger partial charge in [0.05, 0.1) is 30.2 Å². The molecule has 9 heteroatoms. The maximum absolute atomic E-state index is 12.5. The van der Waals surface area contributed by atoms with Crippen LogP contribution in [0.2, 0.25) is 0 Å². The number of nitrogens with zero attached hydrogens (tertiary/aromatic N) is 4. The Morgan fingerprint density at radius 1 is 1.18 bits per heavy atom. The van der Waals surface area contributed by atoms with Crippen LogP contribution in [0.4, 0.5) is 16.3 Å². The van der Waals surface area contributed by atoms with E-state index in [1.807, 2.05) is 56.8 Å². The van der Waals surface area contributed by atoms with E-state index in [1.54, 1.807) is 23.4 Å². The smallest absolute Gasteiger partial charge is 0.410 e. The van der Waals surface area contributed by atoms with Gasteiger partial charge in [0.1, 0.15) is 5.60 Å². The molecule has 1 N–H and O–H groups in total. The third-order valence-corrected chi connectivity index (χ3v) is 5.52. The second-order valence-corrected chi connectivity index (χ2v) is 9.21. The molecule has 1 aliphatic rings. The minimum atomic E-state index is -0.531. The second kappa shape index (κ2) is 9.17. The number of methoxy groups -OCH3 is 1. The number of hydrogen-bond acceptors (Lipinski definition) is 7. The molecule has 3 heterocycles. The van der Waals surface area contributed by atoms with Crippen molar-refractivity contribution in [3.05, 3.63) is 65.1 Å². The largest absolute Gasteiger partial charge is 0.465 e. The van der Waals surface area contributed by atoms with E-state index >= 15 is 0 Å². The lowest BCUT2D eigenvalue weighted by atomic mass is 9.98. The van der Waals surface area contributed by atoms with Crippen LogP contribution >= 0.6 is 0 Å². The molecule has 1 aromatic carbocycles. The van der Waals surface area contributed by atoms with Crippen LogP contribution in [0.5, 0.6) is 0 Å². The lowest BCUT2D eigenvalue weighted by Crippen LogP contribution is -2.40. The van der Waals surface area contributed by atoms with Crippen LogP contribution in [0.3, 0.4) is 0 Å². The molecule has 3 aromatic rings. The number of aromatic nitrogens is 3. The van der Waals surface area contributed by atoms with E-state index in [-0.39, 0.29) is 6.09 Å². The van der Waals surface area contributed by atoms with Gasteiger partial charge in [-0.3, -0.25) is 4.98 Å². The lowest BCUT2D eigenvalue weighted by Gasteiger charge is -2.32. The van der Waals surface area contributed by atoms with Crippen molar-refractivity contribution in [1.82, 2.24) is 19.7 Å². The molecule has 4 rings (SSSR count). The summed E-state index contributed by atoms with van der Waals surface area (Å²) in [7, 11) is 1.34. The van der Waals surface area contributed by atoms with Crippen LogP contribution in [-0.4, -0.2) is 51.0 Å². The zero-order valence-corrected chi connectivity index (χ0v) is 20.1. The molecule has 0 radical (unpaired) electrons. The molecule has 1 aliphatic heterocycles. The average Bonchev–Trinajstić information content (AvgIpc) is 3.16. The maximum Gasteiger partial charge on any atom is 0.410 e. The van der Waals surface area contributed by atoms with Gasteiger partial charge in [-0.25, -0.2) is 14.3 Å². The summed E-state index contributed by atoms with van der Waals surface area (Å²) in [4.78, 5) is 30.5. The number of benzene rings is 1. The molecular formula is C25H29N5O4. The monoisotopic (exact) mass is 463 g/mol. The fourth-order valence-electron chi connectivity index (χ4n) is 3.90. The number of esters is 1. The Balaban J connectivity index is 1.59. The van der Waals surface area contributed by atoms with E-state index in [0.717, 1.165) is 22.4 Å². The van der Waals surface area contributed by atoms with E-state index in [0.29, 0.717) is 36.6 Å². The van der Waals surface area contributed by atoms with Crippen LogP contribution in [0.15, 0.2) is 42.9 Å². The number of carbonyl (C=O) groups excluding carboxylic acids is 2. The Morgan fingerprint density at radius 2 is 1.97 bits per heavy atom. The predicted molar refractivity (Wildman–Crippen MR) is 128 cm³/mol. The van der Waals surface area contributed by atoms with E-state index in [2.05, 4.69) is 10.3 Å². The molecule has 0 spiro atoms. The molecule has 1 amide bonds. The number of nitrogens with one attached hydrogen (secondary N) is 1. The number of pyridine rings is 1. The van der Waals surface area contributed by atoms with Crippen molar-refractivity contribution in [2.24, 2.45) is 0 Å². The summed E-state index contributed by atoms with van der Waals surface area (Å²) in [6.07, 6.45) is 5.44. The van der Waals surface area contributed by atoms with Gasteiger partial charge in [-0.05, 0) is 57.4 Å². The Bertz CT molecular complexity index is 1230. The standard InChI is InChI=1S/C25H29N5O4/c1-16-14-30(28-22(16)27-20-13-26-11-9-19(20)23(31)33-5)21-8-6-7-17-15-29(12-10-18(17)21)24(32)34-25(2,3)4/h6-9,11,13-14H,10,12,15H2,1-5H3,(H,27,28). The van der Waals surface area contributed by atoms with Gasteiger partial charge in [0.15, 0.2) is 5.82 Å². The minimum Gasteiger partial charge on any atom is -0.465 e. The molecule has 0 atom stereocenters. The summed E-state index contributed by atoms with van der Waals surface area (Å²) in [6.45, 7) is 8.61. The normalized spacial score (nSPS) is 13.3. The van der Waals surface area contributed by atoms with Crippen LogP contribution in [0.1, 0.15) is 47.8 Å². The number of anilines is 2. The second-order valence-electron chi connectivity index (χ2n) is 9.21. The van der Waals surface area contributed by atoms with E-state index in [1.165, 1.54) is 7.11 Å². The van der Waals surface area contributed by atoms with Gasteiger partial charge < -0.3 is 19.7 Å². The van der Waals surface area contributed by atoms with Crippen molar-refractivity contribution in [3.8, 4) is 5.69 Å². The molecule has 0 fully saturated rings. The van der Waals surface area contributed by atoms with Crippen molar-refractivity contribution in [3.63, 3.8) is 0 Å². The molecule has 0 saturated carbocycles. The summed E-state index contributed by atoms with van der Waals surface area (Å²) >= 11 is 0. The van der Waals surface area contributed by atoms with E-state index in [4.69, 9.17) is 14.6 Å². The summed E-state index contributed by atoms with van der Waals surface area (Å²) in [5.41, 5.74) is 4.44. The van der Waals surface area contributed by atoms with E-state index < -0.39 is 11.6 Å². The first-order valence-corrected chi connectivity index (χ1v) is 11.1. The van der Waals surface area contributed by atoms with Crippen LogP contribution in [0, 0.1) is 6.92 Å². The Kier molecular flexibility index (Phi) is 6.28. The summed E-state index contributed by atoms with van der Waals surface area (Å²) in [5.74, 6) is 0.163. The fourth-order valence-corrected chi connectivity index (χ4v) is 3.90. The first-order chi connectivity index (χ1) is 16.2. The highest BCUT2D eigenvalue weighted by molar-refractivity contribution is 5.96. The van der Waals surface area contributed by atoms with Crippen LogP contribution in [0.25, 0.3) is 5.69 Å². The Hall–Kier alpha value is -3.88. The third-order valence-electron chi connectivity index (χ3n) is 5.52. The van der Waals surface area contributed by atoms with Gasteiger partial charge in [-0.1, -0.05) is 12.1 Å². The summed E-state index contributed by atoms with van der Waals surface area (Å²) < 4.78 is 12.2. The van der Waals surface area contributed by atoms with Crippen molar-refractivity contribution in [2.45, 2.75) is 46.3 Å². The van der Waals surface area contributed by atoms with Gasteiger partial charge >= 0.3 is 12.1 Å². The SMILES string of the molecule is COC(=O)c1ccncc1Nc1nn(-c2cccc3c2CCN(C(=O)OC(C)(C)C)C3)cc1C. The van der Waals surface area contributed by atoms with Crippen molar-refractivity contribution in [2.75, 3.05) is 19.0 Å². The summed E-state index contributed by atoms with van der Waals surface area (Å²) in [6, 6.07) is 7.61. The van der Waals surface area contributed by atoms with Gasteiger partial charge in [0, 0.05) is 31.0 Å². The minimum absolute atomic E-state index is 0.303. The van der Waals surface area contributed by atoms with Crippen molar-refractivity contribution in [1.29, 1.82) is 0 Å². The fraction of sp³-hybridized carbons (Fsp3) is 0.360. The number of amides is 1. The molecule has 0 aliphatic carbocycles. The number of ether oxygens (including phenoxy) is 2. The number of rotatable bonds is 4. The van der Waals surface area contributed by atoms with E-state index in [9.17, 15) is 9.59 Å². The van der Waals surface area contributed by atoms with Crippen LogP contribution < -0.4 is 5.32 Å².